The Morgan fingerprint density at radius 3 is 2.87 bits per heavy atom. The summed E-state index contributed by atoms with van der Waals surface area (Å²) in [5.74, 6) is 0. The first-order chi connectivity index (χ1) is 7.24. The van der Waals surface area contributed by atoms with E-state index in [1.54, 1.807) is 0 Å². The highest BCUT2D eigenvalue weighted by atomic mass is 16.2. The van der Waals surface area contributed by atoms with Crippen LogP contribution in [0.1, 0.15) is 6.42 Å². The predicted molar refractivity (Wildman–Crippen MR) is 55.4 cm³/mol. The molecule has 0 bridgehead atoms. The molecule has 0 fully saturated rings. The Hall–Kier alpha value is -1.40. The number of nitrogens with zero attached hydrogens (tertiary/aromatic N) is 1. The lowest BCUT2D eigenvalue weighted by molar-refractivity contribution is -0.658. The van der Waals surface area contributed by atoms with E-state index in [2.05, 4.69) is 16.0 Å². The van der Waals surface area contributed by atoms with Crippen LogP contribution in [0.4, 0.5) is 0 Å². The molecule has 0 aliphatic heterocycles. The summed E-state index contributed by atoms with van der Waals surface area (Å²) < 4.78 is 1.50. The summed E-state index contributed by atoms with van der Waals surface area (Å²) in [5, 5.41) is 2.14. The van der Waals surface area contributed by atoms with Gasteiger partial charge in [-0.15, -0.1) is 0 Å². The molecular weight excluding hydrogens is 196 g/mol. The first kappa shape index (κ1) is 11.7. The van der Waals surface area contributed by atoms with E-state index in [1.807, 2.05) is 0 Å². The fourth-order valence-electron chi connectivity index (χ4n) is 1.28. The molecule has 6 heteroatoms. The molecule has 1 rings (SSSR count). The van der Waals surface area contributed by atoms with Crippen molar-refractivity contribution in [2.24, 2.45) is 0 Å². The van der Waals surface area contributed by atoms with Gasteiger partial charge >= 0.3 is 5.69 Å². The van der Waals surface area contributed by atoms with Crippen molar-refractivity contribution in [3.05, 3.63) is 33.1 Å². The zero-order chi connectivity index (χ0) is 11.1. The van der Waals surface area contributed by atoms with Crippen LogP contribution in [0.5, 0.6) is 0 Å². The summed E-state index contributed by atoms with van der Waals surface area (Å²) in [6, 6.07) is 1.36. The maximum absolute atomic E-state index is 11.2. The van der Waals surface area contributed by atoms with Gasteiger partial charge in [-0.1, -0.05) is 0 Å². The number of aromatic amines is 1. The van der Waals surface area contributed by atoms with E-state index in [9.17, 15) is 9.59 Å². The number of hydrogen-bond donors (Lipinski definition) is 3. The molecule has 1 aromatic rings. The first-order valence-electron chi connectivity index (χ1n) is 5.14. The van der Waals surface area contributed by atoms with Crippen molar-refractivity contribution in [3.63, 3.8) is 0 Å². The molecule has 0 atom stereocenters. The molecule has 0 amide bonds. The second-order valence-corrected chi connectivity index (χ2v) is 3.38. The Bertz CT molecular complexity index is 396. The quantitative estimate of drug-likeness (QED) is 0.433. The number of aromatic nitrogens is 2. The third-order valence-corrected chi connectivity index (χ3v) is 2.13. The highest BCUT2D eigenvalue weighted by Crippen LogP contribution is 1.72. The number of H-pyrrole nitrogens is 1. The minimum atomic E-state index is -0.350. The average molecular weight is 214 g/mol. The van der Waals surface area contributed by atoms with Gasteiger partial charge in [-0.05, 0) is 0 Å². The van der Waals surface area contributed by atoms with Crippen molar-refractivity contribution >= 4 is 0 Å². The van der Waals surface area contributed by atoms with Crippen LogP contribution in [0.2, 0.25) is 0 Å². The number of nitrogens with one attached hydrogen (secondary N) is 1. The predicted octanol–water partition coefficient (Wildman–Crippen LogP) is -3.27. The van der Waals surface area contributed by atoms with E-state index in [-0.39, 0.29) is 11.2 Å². The van der Waals surface area contributed by atoms with Crippen LogP contribution in [0.3, 0.4) is 0 Å². The maximum Gasteiger partial charge on any atom is 0.328 e. The topological polar surface area (TPSA) is 99.1 Å². The second kappa shape index (κ2) is 6.15. The molecule has 0 aliphatic rings. The van der Waals surface area contributed by atoms with Gasteiger partial charge < -0.3 is 11.1 Å². The molecule has 15 heavy (non-hydrogen) atoms. The third-order valence-electron chi connectivity index (χ3n) is 2.13. The Labute approximate surface area is 87.1 Å². The summed E-state index contributed by atoms with van der Waals surface area (Å²) in [6.07, 6.45) is 2.61. The highest BCUT2D eigenvalue weighted by Gasteiger charge is 1.97. The molecule has 6 N–H and O–H groups in total. The summed E-state index contributed by atoms with van der Waals surface area (Å²) in [6.45, 7) is 3.43. The lowest BCUT2D eigenvalue weighted by Gasteiger charge is -2.02. The highest BCUT2D eigenvalue weighted by molar-refractivity contribution is 4.82. The maximum atomic E-state index is 11.2. The molecule has 0 spiro atoms. The normalized spacial score (nSPS) is 10.5. The van der Waals surface area contributed by atoms with Gasteiger partial charge in [0.05, 0.1) is 26.2 Å². The lowest BCUT2D eigenvalue weighted by atomic mass is 10.4. The monoisotopic (exact) mass is 214 g/mol. The Morgan fingerprint density at radius 1 is 1.40 bits per heavy atom. The fraction of sp³-hybridized carbons (Fsp3) is 0.556. The van der Waals surface area contributed by atoms with Crippen LogP contribution in [-0.2, 0) is 6.54 Å². The van der Waals surface area contributed by atoms with Gasteiger partial charge in [0.25, 0.3) is 5.56 Å². The van der Waals surface area contributed by atoms with E-state index in [0.717, 1.165) is 26.1 Å². The molecular formula is C9H18N4O2+2. The van der Waals surface area contributed by atoms with E-state index in [0.29, 0.717) is 6.54 Å². The van der Waals surface area contributed by atoms with Crippen LogP contribution in [0, 0.1) is 0 Å². The minimum Gasteiger partial charge on any atom is -0.357 e. The van der Waals surface area contributed by atoms with Crippen molar-refractivity contribution < 1.29 is 11.1 Å². The van der Waals surface area contributed by atoms with E-state index in [4.69, 9.17) is 0 Å². The standard InChI is InChI=1S/C9H16N4O2/c10-3-1-4-11-5-7-13-6-2-8(14)12-9(13)15/h2,6,11H,1,3-5,7,10H2,(H,12,14,15)/p+2. The van der Waals surface area contributed by atoms with Crippen molar-refractivity contribution in [1.82, 2.24) is 9.55 Å². The minimum absolute atomic E-state index is 0.340. The summed E-state index contributed by atoms with van der Waals surface area (Å²) in [4.78, 5) is 24.2. The van der Waals surface area contributed by atoms with Crippen molar-refractivity contribution in [2.45, 2.75) is 13.0 Å². The lowest BCUT2D eigenvalue weighted by Crippen LogP contribution is -2.85. The van der Waals surface area contributed by atoms with Crippen LogP contribution in [0.15, 0.2) is 21.9 Å². The molecule has 6 nitrogen and oxygen atoms in total. The van der Waals surface area contributed by atoms with E-state index < -0.39 is 0 Å². The fourth-order valence-corrected chi connectivity index (χ4v) is 1.28. The van der Waals surface area contributed by atoms with Gasteiger partial charge in [-0.3, -0.25) is 14.3 Å². The van der Waals surface area contributed by atoms with Crippen LogP contribution in [-0.4, -0.2) is 29.2 Å². The number of hydrogen-bond acceptors (Lipinski definition) is 2. The van der Waals surface area contributed by atoms with Gasteiger partial charge in [-0.2, -0.15) is 0 Å². The average Bonchev–Trinajstić information content (AvgIpc) is 2.20. The molecule has 0 radical (unpaired) electrons. The smallest absolute Gasteiger partial charge is 0.328 e. The second-order valence-electron chi connectivity index (χ2n) is 3.38. The molecule has 0 aromatic carbocycles. The summed E-state index contributed by atoms with van der Waals surface area (Å²) in [5.41, 5.74) is 3.06. The molecule has 0 saturated carbocycles. The first-order valence-corrected chi connectivity index (χ1v) is 5.14. The van der Waals surface area contributed by atoms with Gasteiger partial charge in [0.15, 0.2) is 0 Å². The number of quaternary nitrogens is 2. The summed E-state index contributed by atoms with van der Waals surface area (Å²) >= 11 is 0. The van der Waals surface area contributed by atoms with Crippen LogP contribution >= 0.6 is 0 Å². The molecule has 84 valence electrons. The van der Waals surface area contributed by atoms with Gasteiger partial charge in [-0.25, -0.2) is 4.79 Å². The van der Waals surface area contributed by atoms with E-state index >= 15 is 0 Å². The van der Waals surface area contributed by atoms with Gasteiger partial charge in [0.1, 0.15) is 0 Å². The van der Waals surface area contributed by atoms with E-state index in [1.165, 1.54) is 16.8 Å². The molecule has 1 heterocycles. The zero-order valence-electron chi connectivity index (χ0n) is 8.74. The van der Waals surface area contributed by atoms with Crippen LogP contribution in [0.25, 0.3) is 0 Å². The zero-order valence-corrected chi connectivity index (χ0v) is 8.74. The van der Waals surface area contributed by atoms with Crippen molar-refractivity contribution in [2.75, 3.05) is 19.6 Å². The SMILES string of the molecule is [NH3+]CCC[NH2+]CCn1ccc(=O)[nH]c1=O. The molecule has 0 aliphatic carbocycles. The van der Waals surface area contributed by atoms with Crippen molar-refractivity contribution in [1.29, 1.82) is 0 Å². The molecule has 0 saturated heterocycles. The van der Waals surface area contributed by atoms with Crippen molar-refractivity contribution in [3.8, 4) is 0 Å². The number of rotatable bonds is 6. The largest absolute Gasteiger partial charge is 0.357 e. The van der Waals surface area contributed by atoms with Crippen LogP contribution < -0.4 is 22.3 Å². The Kier molecular flexibility index (Phi) is 4.79. The Balaban J connectivity index is 2.38. The Morgan fingerprint density at radius 2 is 2.20 bits per heavy atom. The number of nitrogens with two attached hydrogens (primary N) is 1. The molecule has 1 aromatic heterocycles. The van der Waals surface area contributed by atoms with Gasteiger partial charge in [0, 0.05) is 18.7 Å². The summed E-state index contributed by atoms with van der Waals surface area (Å²) in [7, 11) is 0. The van der Waals surface area contributed by atoms with Gasteiger partial charge in [0.2, 0.25) is 0 Å². The third kappa shape index (κ3) is 4.09. The molecule has 0 unspecified atom stereocenters.